The summed E-state index contributed by atoms with van der Waals surface area (Å²) in [4.78, 5) is 36.7. The van der Waals surface area contributed by atoms with Gasteiger partial charge in [0.2, 0.25) is 6.41 Å². The second-order valence-corrected chi connectivity index (χ2v) is 9.83. The highest BCUT2D eigenvalue weighted by Gasteiger charge is 2.32. The molecule has 192 valence electrons. The molecule has 1 saturated heterocycles. The molecule has 6 rings (SSSR count). The summed E-state index contributed by atoms with van der Waals surface area (Å²) in [5, 5.41) is 7.78. The molecular formula is C27H31N7O3. The second kappa shape index (κ2) is 9.93. The molecule has 1 fully saturated rings. The lowest BCUT2D eigenvalue weighted by molar-refractivity contribution is -0.118. The van der Waals surface area contributed by atoms with Gasteiger partial charge in [0.15, 0.2) is 5.82 Å². The number of carbonyl (C=O) groups excluding carboxylic acids is 2. The van der Waals surface area contributed by atoms with Crippen LogP contribution in [0.25, 0.3) is 11.3 Å². The van der Waals surface area contributed by atoms with Crippen molar-refractivity contribution in [3.63, 3.8) is 0 Å². The van der Waals surface area contributed by atoms with Crippen LogP contribution in [0, 0.1) is 0 Å². The standard InChI is InChI=1S/C27H31N7O3/c1-28-27(36)22-5-4-19(14-29-22)23-13-18-3-2-9-33(25(18)15-30-23)26-21-16-32(17-35)10-6-24(21)34(31-26)20-7-11-37-12-8-20/h4-5,13-15,17,20H,2-3,6-12,16H2,1H3,(H,28,36). The van der Waals surface area contributed by atoms with Crippen LogP contribution in [-0.4, -0.2) is 70.3 Å². The number of amides is 2. The molecule has 3 aliphatic rings. The van der Waals surface area contributed by atoms with Gasteiger partial charge in [-0.25, -0.2) is 0 Å². The van der Waals surface area contributed by atoms with Crippen LogP contribution in [-0.2, 0) is 28.9 Å². The summed E-state index contributed by atoms with van der Waals surface area (Å²) in [6.07, 6.45) is 9.25. The van der Waals surface area contributed by atoms with Crippen molar-refractivity contribution in [2.75, 3.05) is 38.3 Å². The van der Waals surface area contributed by atoms with E-state index in [9.17, 15) is 9.59 Å². The third-order valence-corrected chi connectivity index (χ3v) is 7.64. The van der Waals surface area contributed by atoms with Gasteiger partial charge < -0.3 is 19.9 Å². The molecule has 0 saturated carbocycles. The largest absolute Gasteiger partial charge is 0.381 e. The van der Waals surface area contributed by atoms with Gasteiger partial charge in [-0.1, -0.05) is 0 Å². The normalized spacial score (nSPS) is 17.8. The number of hydrogen-bond donors (Lipinski definition) is 1. The fraction of sp³-hybridized carbons (Fsp3) is 0.444. The Hall–Kier alpha value is -3.79. The minimum atomic E-state index is -0.211. The number of hydrogen-bond acceptors (Lipinski definition) is 7. The first-order valence-corrected chi connectivity index (χ1v) is 13.0. The fourth-order valence-corrected chi connectivity index (χ4v) is 5.65. The lowest BCUT2D eigenvalue weighted by Gasteiger charge is -2.31. The van der Waals surface area contributed by atoms with E-state index in [4.69, 9.17) is 14.8 Å². The molecule has 0 atom stereocenters. The van der Waals surface area contributed by atoms with Crippen LogP contribution in [0.1, 0.15) is 52.6 Å². The molecule has 0 radical (unpaired) electrons. The van der Waals surface area contributed by atoms with Gasteiger partial charge in [0, 0.05) is 62.8 Å². The van der Waals surface area contributed by atoms with Crippen LogP contribution in [0.3, 0.4) is 0 Å². The van der Waals surface area contributed by atoms with Crippen LogP contribution in [0.5, 0.6) is 0 Å². The van der Waals surface area contributed by atoms with Crippen molar-refractivity contribution < 1.29 is 14.3 Å². The molecule has 10 heteroatoms. The van der Waals surface area contributed by atoms with Crippen molar-refractivity contribution in [2.45, 2.75) is 44.7 Å². The molecule has 3 aliphatic heterocycles. The van der Waals surface area contributed by atoms with Crippen molar-refractivity contribution in [1.82, 2.24) is 30.0 Å². The SMILES string of the molecule is CNC(=O)c1ccc(-c2cc3c(cn2)N(c2nn(C4CCOCC4)c4c2CN(C=O)CC4)CCC3)cn1. The topological polar surface area (TPSA) is 105 Å². The van der Waals surface area contributed by atoms with Crippen molar-refractivity contribution in [1.29, 1.82) is 0 Å². The van der Waals surface area contributed by atoms with Crippen LogP contribution >= 0.6 is 0 Å². The highest BCUT2D eigenvalue weighted by molar-refractivity contribution is 5.92. The van der Waals surface area contributed by atoms with Gasteiger partial charge in [0.1, 0.15) is 5.69 Å². The number of nitrogens with one attached hydrogen (secondary N) is 1. The average Bonchev–Trinajstić information content (AvgIpc) is 3.35. The Balaban J connectivity index is 1.35. The summed E-state index contributed by atoms with van der Waals surface area (Å²) < 4.78 is 7.83. The zero-order chi connectivity index (χ0) is 25.4. The zero-order valence-electron chi connectivity index (χ0n) is 21.0. The zero-order valence-corrected chi connectivity index (χ0v) is 21.0. The molecule has 2 amide bonds. The van der Waals surface area contributed by atoms with Crippen molar-refractivity contribution >= 4 is 23.8 Å². The molecular weight excluding hydrogens is 470 g/mol. The first-order chi connectivity index (χ1) is 18.2. The summed E-state index contributed by atoms with van der Waals surface area (Å²) in [5.74, 6) is 0.734. The maximum absolute atomic E-state index is 11.8. The minimum Gasteiger partial charge on any atom is -0.381 e. The predicted molar refractivity (Wildman–Crippen MR) is 138 cm³/mol. The van der Waals surface area contributed by atoms with Crippen molar-refractivity contribution in [2.24, 2.45) is 0 Å². The molecule has 0 spiro atoms. The average molecular weight is 502 g/mol. The fourth-order valence-electron chi connectivity index (χ4n) is 5.65. The van der Waals surface area contributed by atoms with Gasteiger partial charge >= 0.3 is 0 Å². The number of aryl methyl sites for hydroxylation is 1. The van der Waals surface area contributed by atoms with Gasteiger partial charge in [-0.05, 0) is 49.4 Å². The Morgan fingerprint density at radius 3 is 2.76 bits per heavy atom. The molecule has 3 aromatic rings. The van der Waals surface area contributed by atoms with Crippen molar-refractivity contribution in [3.05, 3.63) is 53.1 Å². The molecule has 37 heavy (non-hydrogen) atoms. The van der Waals surface area contributed by atoms with Gasteiger partial charge in [-0.2, -0.15) is 5.10 Å². The monoisotopic (exact) mass is 501 g/mol. The molecule has 6 heterocycles. The maximum Gasteiger partial charge on any atom is 0.269 e. The van der Waals surface area contributed by atoms with E-state index < -0.39 is 0 Å². The first kappa shape index (κ1) is 23.6. The predicted octanol–water partition coefficient (Wildman–Crippen LogP) is 2.65. The molecule has 0 aliphatic carbocycles. The highest BCUT2D eigenvalue weighted by Crippen LogP contribution is 2.39. The molecule has 0 bridgehead atoms. The number of pyridine rings is 2. The van der Waals surface area contributed by atoms with Gasteiger partial charge in [0.05, 0.1) is 30.2 Å². The van der Waals surface area contributed by atoms with Gasteiger partial charge in [-0.15, -0.1) is 0 Å². The quantitative estimate of drug-likeness (QED) is 0.536. The Morgan fingerprint density at radius 1 is 1.14 bits per heavy atom. The highest BCUT2D eigenvalue weighted by atomic mass is 16.5. The molecule has 0 aromatic carbocycles. The van der Waals surface area contributed by atoms with Gasteiger partial charge in [0.25, 0.3) is 5.91 Å². The molecule has 0 unspecified atom stereocenters. The van der Waals surface area contributed by atoms with Crippen LogP contribution in [0.15, 0.2) is 30.6 Å². The molecule has 1 N–H and O–H groups in total. The third-order valence-electron chi connectivity index (χ3n) is 7.64. The summed E-state index contributed by atoms with van der Waals surface area (Å²) in [6, 6.07) is 6.05. The summed E-state index contributed by atoms with van der Waals surface area (Å²) in [7, 11) is 1.59. The minimum absolute atomic E-state index is 0.211. The Kier molecular flexibility index (Phi) is 6.33. The molecule has 3 aromatic heterocycles. The number of fused-ring (bicyclic) bond motifs is 2. The number of ether oxygens (including phenoxy) is 1. The smallest absolute Gasteiger partial charge is 0.269 e. The van der Waals surface area contributed by atoms with Crippen LogP contribution in [0.2, 0.25) is 0 Å². The number of aromatic nitrogens is 4. The first-order valence-electron chi connectivity index (χ1n) is 13.0. The van der Waals surface area contributed by atoms with Crippen LogP contribution < -0.4 is 10.2 Å². The third kappa shape index (κ3) is 4.35. The Morgan fingerprint density at radius 2 is 2.00 bits per heavy atom. The number of nitrogens with zero attached hydrogens (tertiary/aromatic N) is 6. The lowest BCUT2D eigenvalue weighted by atomic mass is 9.99. The van der Waals surface area contributed by atoms with Crippen molar-refractivity contribution in [3.8, 4) is 11.3 Å². The van der Waals surface area contributed by atoms with E-state index in [1.165, 1.54) is 11.3 Å². The summed E-state index contributed by atoms with van der Waals surface area (Å²) in [5.41, 5.74) is 6.75. The lowest BCUT2D eigenvalue weighted by Crippen LogP contribution is -2.32. The molecule has 10 nitrogen and oxygen atoms in total. The number of anilines is 2. The van der Waals surface area contributed by atoms with E-state index in [2.05, 4.69) is 25.9 Å². The summed E-state index contributed by atoms with van der Waals surface area (Å²) >= 11 is 0. The van der Waals surface area contributed by atoms with E-state index in [1.54, 1.807) is 19.3 Å². The number of carbonyl (C=O) groups is 2. The van der Waals surface area contributed by atoms with E-state index in [-0.39, 0.29) is 5.91 Å². The maximum atomic E-state index is 11.8. The Labute approximate surface area is 215 Å². The van der Waals surface area contributed by atoms with E-state index in [1.807, 2.05) is 17.2 Å². The van der Waals surface area contributed by atoms with Gasteiger partial charge in [-0.3, -0.25) is 24.2 Å². The summed E-state index contributed by atoms with van der Waals surface area (Å²) in [6.45, 7) is 3.67. The van der Waals surface area contributed by atoms with E-state index in [0.29, 0.717) is 18.3 Å². The van der Waals surface area contributed by atoms with Crippen LogP contribution in [0.4, 0.5) is 11.5 Å². The number of rotatable bonds is 5. The Bertz CT molecular complexity index is 1310. The van der Waals surface area contributed by atoms with E-state index in [0.717, 1.165) is 93.1 Å². The van der Waals surface area contributed by atoms with E-state index >= 15 is 0 Å². The second-order valence-electron chi connectivity index (χ2n) is 9.83.